The van der Waals surface area contributed by atoms with E-state index in [2.05, 4.69) is 20.6 Å². The van der Waals surface area contributed by atoms with Gasteiger partial charge in [0.1, 0.15) is 12.1 Å². The van der Waals surface area contributed by atoms with E-state index in [-0.39, 0.29) is 11.9 Å². The Morgan fingerprint density at radius 2 is 2.29 bits per heavy atom. The van der Waals surface area contributed by atoms with Crippen molar-refractivity contribution in [3.8, 4) is 0 Å². The van der Waals surface area contributed by atoms with E-state index < -0.39 is 5.95 Å². The monoisotopic (exact) mass is 240 g/mol. The van der Waals surface area contributed by atoms with Gasteiger partial charge < -0.3 is 10.6 Å². The molecule has 5 nitrogen and oxygen atoms in total. The van der Waals surface area contributed by atoms with E-state index in [1.807, 2.05) is 13.8 Å². The van der Waals surface area contributed by atoms with Crippen LogP contribution >= 0.6 is 0 Å². The number of carbonyl (C=O) groups is 1. The first-order chi connectivity index (χ1) is 8.11. The standard InChI is InChI=1S/C11H17FN4O/c1-3-8(2)16-11(17)4-5-13-10-6-9(12)14-7-15-10/h6-8H,3-5H2,1-2H3,(H,16,17)(H,13,14,15). The number of amides is 1. The number of anilines is 1. The normalized spacial score (nSPS) is 11.9. The molecule has 0 spiro atoms. The zero-order valence-corrected chi connectivity index (χ0v) is 10.0. The summed E-state index contributed by atoms with van der Waals surface area (Å²) in [6.07, 6.45) is 2.36. The van der Waals surface area contributed by atoms with Gasteiger partial charge in [-0.05, 0) is 13.3 Å². The van der Waals surface area contributed by atoms with Crippen molar-refractivity contribution in [1.29, 1.82) is 0 Å². The van der Waals surface area contributed by atoms with Crippen LogP contribution in [0.15, 0.2) is 12.4 Å². The lowest BCUT2D eigenvalue weighted by Gasteiger charge is -2.11. The summed E-state index contributed by atoms with van der Waals surface area (Å²) >= 11 is 0. The van der Waals surface area contributed by atoms with Crippen LogP contribution in [0.5, 0.6) is 0 Å². The lowest BCUT2D eigenvalue weighted by atomic mass is 10.2. The predicted octanol–water partition coefficient (Wildman–Crippen LogP) is 1.33. The zero-order chi connectivity index (χ0) is 12.7. The van der Waals surface area contributed by atoms with Crippen molar-refractivity contribution in [2.24, 2.45) is 0 Å². The number of nitrogens with zero attached hydrogens (tertiary/aromatic N) is 2. The molecule has 0 fully saturated rings. The average molecular weight is 240 g/mol. The Morgan fingerprint density at radius 3 is 2.94 bits per heavy atom. The highest BCUT2D eigenvalue weighted by atomic mass is 19.1. The molecular formula is C11H17FN4O. The molecule has 1 unspecified atom stereocenters. The molecule has 1 amide bonds. The number of hydrogen-bond donors (Lipinski definition) is 2. The maximum atomic E-state index is 12.7. The summed E-state index contributed by atoms with van der Waals surface area (Å²) in [5, 5.41) is 5.70. The fourth-order valence-electron chi connectivity index (χ4n) is 1.18. The molecule has 1 atom stereocenters. The Morgan fingerprint density at radius 1 is 1.53 bits per heavy atom. The van der Waals surface area contributed by atoms with Gasteiger partial charge in [0, 0.05) is 25.1 Å². The highest BCUT2D eigenvalue weighted by Gasteiger charge is 2.05. The summed E-state index contributed by atoms with van der Waals surface area (Å²) in [6, 6.07) is 1.37. The molecule has 2 N–H and O–H groups in total. The lowest BCUT2D eigenvalue weighted by molar-refractivity contribution is -0.121. The third kappa shape index (κ3) is 5.24. The fraction of sp³-hybridized carbons (Fsp3) is 0.545. The van der Waals surface area contributed by atoms with E-state index in [4.69, 9.17) is 0 Å². The Bertz CT molecular complexity index is 372. The van der Waals surface area contributed by atoms with Crippen LogP contribution in [0.3, 0.4) is 0 Å². The molecule has 0 bridgehead atoms. The van der Waals surface area contributed by atoms with Gasteiger partial charge >= 0.3 is 0 Å². The molecule has 0 aliphatic carbocycles. The Hall–Kier alpha value is -1.72. The van der Waals surface area contributed by atoms with Crippen LogP contribution in [0.25, 0.3) is 0 Å². The Balaban J connectivity index is 2.26. The maximum Gasteiger partial charge on any atom is 0.221 e. The smallest absolute Gasteiger partial charge is 0.221 e. The molecule has 0 saturated heterocycles. The molecule has 1 rings (SSSR count). The van der Waals surface area contributed by atoms with Gasteiger partial charge in [-0.1, -0.05) is 6.92 Å². The van der Waals surface area contributed by atoms with Crippen LogP contribution in [0, 0.1) is 5.95 Å². The third-order valence-electron chi connectivity index (χ3n) is 2.31. The summed E-state index contributed by atoms with van der Waals surface area (Å²) in [6.45, 7) is 4.37. The van der Waals surface area contributed by atoms with Crippen molar-refractivity contribution in [2.45, 2.75) is 32.7 Å². The van der Waals surface area contributed by atoms with Crippen LogP contribution in [0.4, 0.5) is 10.2 Å². The minimum atomic E-state index is -0.591. The second-order valence-corrected chi connectivity index (χ2v) is 3.78. The van der Waals surface area contributed by atoms with Gasteiger partial charge in [0.25, 0.3) is 0 Å². The molecule has 1 heterocycles. The van der Waals surface area contributed by atoms with Crippen LogP contribution in [-0.2, 0) is 4.79 Å². The van der Waals surface area contributed by atoms with Gasteiger partial charge in [0.2, 0.25) is 11.9 Å². The quantitative estimate of drug-likeness (QED) is 0.736. The van der Waals surface area contributed by atoms with Gasteiger partial charge in [0.15, 0.2) is 0 Å². The van der Waals surface area contributed by atoms with Crippen LogP contribution < -0.4 is 10.6 Å². The molecule has 0 aromatic carbocycles. The van der Waals surface area contributed by atoms with Gasteiger partial charge in [-0.25, -0.2) is 9.97 Å². The number of halogens is 1. The molecule has 17 heavy (non-hydrogen) atoms. The number of aromatic nitrogens is 2. The number of hydrogen-bond acceptors (Lipinski definition) is 4. The third-order valence-corrected chi connectivity index (χ3v) is 2.31. The van der Waals surface area contributed by atoms with Crippen LogP contribution in [0.1, 0.15) is 26.7 Å². The first-order valence-corrected chi connectivity index (χ1v) is 5.62. The average Bonchev–Trinajstić information content (AvgIpc) is 2.29. The molecule has 1 aromatic heterocycles. The van der Waals surface area contributed by atoms with E-state index in [0.717, 1.165) is 12.7 Å². The summed E-state index contributed by atoms with van der Waals surface area (Å²) in [5.74, 6) is -0.234. The molecule has 0 aliphatic rings. The van der Waals surface area contributed by atoms with Crippen molar-refractivity contribution >= 4 is 11.7 Å². The van der Waals surface area contributed by atoms with Crippen molar-refractivity contribution in [3.63, 3.8) is 0 Å². The summed E-state index contributed by atoms with van der Waals surface area (Å²) < 4.78 is 12.7. The number of nitrogens with one attached hydrogen (secondary N) is 2. The first kappa shape index (κ1) is 13.3. The Kier molecular flexibility index (Phi) is 5.32. The van der Waals surface area contributed by atoms with E-state index in [9.17, 15) is 9.18 Å². The lowest BCUT2D eigenvalue weighted by Crippen LogP contribution is -2.33. The van der Waals surface area contributed by atoms with Gasteiger partial charge in [-0.3, -0.25) is 4.79 Å². The second-order valence-electron chi connectivity index (χ2n) is 3.78. The van der Waals surface area contributed by atoms with E-state index >= 15 is 0 Å². The molecule has 0 aliphatic heterocycles. The maximum absolute atomic E-state index is 12.7. The van der Waals surface area contributed by atoms with Crippen molar-refractivity contribution in [1.82, 2.24) is 15.3 Å². The molecule has 0 radical (unpaired) electrons. The number of rotatable bonds is 6. The zero-order valence-electron chi connectivity index (χ0n) is 10.0. The molecular weight excluding hydrogens is 223 g/mol. The van der Waals surface area contributed by atoms with Gasteiger partial charge in [-0.2, -0.15) is 4.39 Å². The van der Waals surface area contributed by atoms with Crippen LogP contribution in [0.2, 0.25) is 0 Å². The molecule has 6 heteroatoms. The van der Waals surface area contributed by atoms with Gasteiger partial charge in [-0.15, -0.1) is 0 Å². The predicted molar refractivity (Wildman–Crippen MR) is 63.0 cm³/mol. The molecule has 94 valence electrons. The topological polar surface area (TPSA) is 66.9 Å². The Labute approximate surface area is 99.9 Å². The molecule has 0 saturated carbocycles. The highest BCUT2D eigenvalue weighted by Crippen LogP contribution is 2.01. The minimum absolute atomic E-state index is 0.0265. The summed E-state index contributed by atoms with van der Waals surface area (Å²) in [4.78, 5) is 18.6. The van der Waals surface area contributed by atoms with Crippen molar-refractivity contribution in [2.75, 3.05) is 11.9 Å². The van der Waals surface area contributed by atoms with Crippen molar-refractivity contribution < 1.29 is 9.18 Å². The second kappa shape index (κ2) is 6.78. The SMILES string of the molecule is CCC(C)NC(=O)CCNc1cc(F)ncn1. The first-order valence-electron chi connectivity index (χ1n) is 5.62. The van der Waals surface area contributed by atoms with Crippen molar-refractivity contribution in [3.05, 3.63) is 18.3 Å². The number of carbonyl (C=O) groups excluding carboxylic acids is 1. The van der Waals surface area contributed by atoms with E-state index in [1.165, 1.54) is 6.07 Å². The van der Waals surface area contributed by atoms with Gasteiger partial charge in [0.05, 0.1) is 0 Å². The summed E-state index contributed by atoms with van der Waals surface area (Å²) in [7, 11) is 0. The van der Waals surface area contributed by atoms with E-state index in [1.54, 1.807) is 0 Å². The minimum Gasteiger partial charge on any atom is -0.369 e. The fourth-order valence-corrected chi connectivity index (χ4v) is 1.18. The largest absolute Gasteiger partial charge is 0.369 e. The molecule has 1 aromatic rings. The summed E-state index contributed by atoms with van der Waals surface area (Å²) in [5.41, 5.74) is 0. The highest BCUT2D eigenvalue weighted by molar-refractivity contribution is 5.76. The van der Waals surface area contributed by atoms with E-state index in [0.29, 0.717) is 18.8 Å². The van der Waals surface area contributed by atoms with Crippen LogP contribution in [-0.4, -0.2) is 28.5 Å².